The maximum absolute atomic E-state index is 12.8. The summed E-state index contributed by atoms with van der Waals surface area (Å²) in [4.78, 5) is 1.36. The van der Waals surface area contributed by atoms with E-state index in [-0.39, 0.29) is 0 Å². The van der Waals surface area contributed by atoms with Gasteiger partial charge in [0.1, 0.15) is 0 Å². The molecule has 1 aliphatic carbocycles. The van der Waals surface area contributed by atoms with Crippen LogP contribution in [-0.4, -0.2) is 38.6 Å². The molecule has 0 bridgehead atoms. The largest absolute Gasteiger partial charge is 0.383 e. The molecule has 0 saturated heterocycles. The summed E-state index contributed by atoms with van der Waals surface area (Å²) >= 11 is 0. The molecule has 1 atom stereocenters. The molecule has 0 aromatic carbocycles. The topological polar surface area (TPSA) is 63.4 Å². The lowest BCUT2D eigenvalue weighted by atomic mass is 10.6. The van der Waals surface area contributed by atoms with Crippen LogP contribution in [-0.2, 0) is 10.0 Å². The molecule has 1 unspecified atom stereocenters. The van der Waals surface area contributed by atoms with Gasteiger partial charge < -0.3 is 4.90 Å². The minimum atomic E-state index is -4.18. The monoisotopic (exact) mass is 212 g/mol. The number of hydrogen-bond acceptors (Lipinski definition) is 3. The molecule has 1 rings (SSSR count). The predicted octanol–water partition coefficient (Wildman–Crippen LogP) is -0.262. The highest BCUT2D eigenvalue weighted by Crippen LogP contribution is 2.52. The van der Waals surface area contributed by atoms with Gasteiger partial charge >= 0.3 is 0 Å². The molecule has 0 aromatic heterocycles. The fourth-order valence-corrected chi connectivity index (χ4v) is 2.14. The Morgan fingerprint density at radius 2 is 2.00 bits per heavy atom. The van der Waals surface area contributed by atoms with Gasteiger partial charge in [0.15, 0.2) is 5.25 Å². The highest BCUT2D eigenvalue weighted by Gasteiger charge is 2.69. The summed E-state index contributed by atoms with van der Waals surface area (Å²) in [7, 11) is -1.12. The van der Waals surface area contributed by atoms with Crippen LogP contribution in [0.5, 0.6) is 0 Å². The Hall–Kier alpha value is -0.690. The van der Waals surface area contributed by atoms with E-state index < -0.39 is 26.8 Å². The van der Waals surface area contributed by atoms with Crippen LogP contribution in [0, 0.1) is 0 Å². The molecule has 0 heterocycles. The Morgan fingerprint density at radius 3 is 2.23 bits per heavy atom. The molecule has 4 nitrogen and oxygen atoms in total. The number of halogens is 2. The quantitative estimate of drug-likeness (QED) is 0.685. The minimum Gasteiger partial charge on any atom is -0.383 e. The van der Waals surface area contributed by atoms with E-state index in [1.165, 1.54) is 19.0 Å². The number of alkyl halides is 2. The molecular weight excluding hydrogens is 202 g/mol. The maximum atomic E-state index is 12.8. The van der Waals surface area contributed by atoms with Gasteiger partial charge in [0, 0.05) is 25.9 Å². The van der Waals surface area contributed by atoms with Gasteiger partial charge in [-0.15, -0.1) is 0 Å². The first kappa shape index (κ1) is 10.4. The SMILES string of the molecule is CN(C)C=C1C(S(N)(=O)=O)C1(F)F. The van der Waals surface area contributed by atoms with Gasteiger partial charge in [-0.05, 0) is 0 Å². The van der Waals surface area contributed by atoms with Crippen molar-refractivity contribution < 1.29 is 17.2 Å². The van der Waals surface area contributed by atoms with Crippen molar-refractivity contribution in [3.05, 3.63) is 11.8 Å². The third kappa shape index (κ3) is 1.80. The van der Waals surface area contributed by atoms with Crippen LogP contribution >= 0.6 is 0 Å². The summed E-state index contributed by atoms with van der Waals surface area (Å²) in [5.74, 6) is -3.29. The summed E-state index contributed by atoms with van der Waals surface area (Å²) in [6.07, 6.45) is 1.08. The smallest absolute Gasteiger partial charge is 0.294 e. The van der Waals surface area contributed by atoms with E-state index in [0.29, 0.717) is 0 Å². The molecule has 7 heteroatoms. The standard InChI is InChI=1S/C6H10F2N2O2S/c1-10(2)3-4-5(6(4,7)8)13(9,11)12/h3,5H,1-2H3,(H2,9,11,12). The number of hydrogen-bond donors (Lipinski definition) is 1. The number of primary sulfonamides is 1. The van der Waals surface area contributed by atoms with Crippen molar-refractivity contribution in [3.8, 4) is 0 Å². The van der Waals surface area contributed by atoms with Gasteiger partial charge in [0.25, 0.3) is 5.92 Å². The Kier molecular flexibility index (Phi) is 2.12. The van der Waals surface area contributed by atoms with Crippen LogP contribution in [0.25, 0.3) is 0 Å². The molecule has 0 amide bonds. The van der Waals surface area contributed by atoms with Crippen molar-refractivity contribution in [2.24, 2.45) is 5.14 Å². The van der Waals surface area contributed by atoms with E-state index in [1.807, 2.05) is 0 Å². The van der Waals surface area contributed by atoms with E-state index in [2.05, 4.69) is 5.14 Å². The third-order valence-electron chi connectivity index (χ3n) is 1.64. The second-order valence-electron chi connectivity index (χ2n) is 3.14. The fourth-order valence-electron chi connectivity index (χ4n) is 1.09. The fraction of sp³-hybridized carbons (Fsp3) is 0.667. The Labute approximate surface area is 75.1 Å². The van der Waals surface area contributed by atoms with Gasteiger partial charge in [-0.1, -0.05) is 0 Å². The van der Waals surface area contributed by atoms with Crippen LogP contribution in [0.15, 0.2) is 11.8 Å². The molecule has 13 heavy (non-hydrogen) atoms. The van der Waals surface area contributed by atoms with Gasteiger partial charge in [-0.2, -0.15) is 8.78 Å². The highest BCUT2D eigenvalue weighted by atomic mass is 32.2. The van der Waals surface area contributed by atoms with Crippen molar-refractivity contribution >= 4 is 10.0 Å². The molecule has 2 N–H and O–H groups in total. The summed E-state index contributed by atoms with van der Waals surface area (Å²) in [6, 6.07) is 0. The zero-order valence-electron chi connectivity index (χ0n) is 7.16. The second kappa shape index (κ2) is 2.65. The Balaban J connectivity index is 2.98. The lowest BCUT2D eigenvalue weighted by Gasteiger charge is -2.01. The van der Waals surface area contributed by atoms with Crippen LogP contribution < -0.4 is 5.14 Å². The molecule has 0 aromatic rings. The Bertz CT molecular complexity index is 348. The second-order valence-corrected chi connectivity index (χ2v) is 4.79. The van der Waals surface area contributed by atoms with Crippen molar-refractivity contribution in [1.29, 1.82) is 0 Å². The summed E-state index contributed by atoms with van der Waals surface area (Å²) in [6.45, 7) is 0. The van der Waals surface area contributed by atoms with Gasteiger partial charge in [0.2, 0.25) is 10.0 Å². The van der Waals surface area contributed by atoms with Crippen LogP contribution in [0.4, 0.5) is 8.78 Å². The van der Waals surface area contributed by atoms with Crippen molar-refractivity contribution in [2.45, 2.75) is 11.2 Å². The highest BCUT2D eigenvalue weighted by molar-refractivity contribution is 7.90. The lowest BCUT2D eigenvalue weighted by molar-refractivity contribution is 0.136. The summed E-state index contributed by atoms with van der Waals surface area (Å²) in [5.41, 5.74) is -0.444. The number of sulfonamides is 1. The van der Waals surface area contributed by atoms with E-state index in [9.17, 15) is 17.2 Å². The van der Waals surface area contributed by atoms with Crippen LogP contribution in [0.3, 0.4) is 0 Å². The maximum Gasteiger partial charge on any atom is 0.294 e. The molecular formula is C6H10F2N2O2S. The summed E-state index contributed by atoms with van der Waals surface area (Å²) in [5, 5.41) is 2.78. The average molecular weight is 212 g/mol. The zero-order chi connectivity index (χ0) is 10.4. The van der Waals surface area contributed by atoms with Gasteiger partial charge in [0.05, 0.1) is 0 Å². The first-order valence-electron chi connectivity index (χ1n) is 3.45. The van der Waals surface area contributed by atoms with Crippen LogP contribution in [0.2, 0.25) is 0 Å². The minimum absolute atomic E-state index is 0.444. The van der Waals surface area contributed by atoms with Gasteiger partial charge in [-0.25, -0.2) is 13.6 Å². The first-order chi connectivity index (χ1) is 5.67. The number of rotatable bonds is 2. The van der Waals surface area contributed by atoms with E-state index in [4.69, 9.17) is 0 Å². The van der Waals surface area contributed by atoms with E-state index in [0.717, 1.165) is 6.20 Å². The van der Waals surface area contributed by atoms with E-state index in [1.54, 1.807) is 0 Å². The number of nitrogens with two attached hydrogens (primary N) is 1. The van der Waals surface area contributed by atoms with Gasteiger partial charge in [-0.3, -0.25) is 0 Å². The normalized spacial score (nSPS) is 29.0. The molecule has 1 fully saturated rings. The lowest BCUT2D eigenvalue weighted by Crippen LogP contribution is -2.22. The predicted molar refractivity (Wildman–Crippen MR) is 43.6 cm³/mol. The molecule has 0 spiro atoms. The molecule has 0 aliphatic heterocycles. The van der Waals surface area contributed by atoms with Crippen molar-refractivity contribution in [2.75, 3.05) is 14.1 Å². The number of nitrogens with zero attached hydrogens (tertiary/aromatic N) is 1. The average Bonchev–Trinajstić information content (AvgIpc) is 2.29. The summed E-state index contributed by atoms with van der Waals surface area (Å²) < 4.78 is 46.8. The van der Waals surface area contributed by atoms with Crippen molar-refractivity contribution in [3.63, 3.8) is 0 Å². The Morgan fingerprint density at radius 1 is 1.54 bits per heavy atom. The van der Waals surface area contributed by atoms with Crippen molar-refractivity contribution in [1.82, 2.24) is 4.90 Å². The molecule has 0 radical (unpaired) electrons. The van der Waals surface area contributed by atoms with Crippen LogP contribution in [0.1, 0.15) is 0 Å². The molecule has 76 valence electrons. The molecule has 1 saturated carbocycles. The third-order valence-corrected chi connectivity index (χ3v) is 2.85. The zero-order valence-corrected chi connectivity index (χ0v) is 7.98. The molecule has 1 aliphatic rings. The first-order valence-corrected chi connectivity index (χ1v) is 5.06. The van der Waals surface area contributed by atoms with E-state index >= 15 is 0 Å².